The maximum absolute atomic E-state index is 12.8. The van der Waals surface area contributed by atoms with Crippen molar-refractivity contribution in [1.29, 1.82) is 0 Å². The minimum atomic E-state index is -0.640. The Hall–Kier alpha value is -13.2. The van der Waals surface area contributed by atoms with Crippen LogP contribution in [0.5, 0.6) is 0 Å². The maximum Gasteiger partial charge on any atom is 0.320 e. The van der Waals surface area contributed by atoms with Crippen LogP contribution in [0.2, 0.25) is 50.2 Å². The Labute approximate surface area is 829 Å². The van der Waals surface area contributed by atoms with E-state index in [1.54, 1.807) is 42.5 Å². The lowest BCUT2D eigenvalue weighted by atomic mass is 10.0. The molecule has 5 atom stereocenters. The van der Waals surface area contributed by atoms with Gasteiger partial charge in [-0.2, -0.15) is 15.0 Å². The quantitative estimate of drug-likeness (QED) is 0.0311. The predicted molar refractivity (Wildman–Crippen MR) is 542 cm³/mol. The zero-order valence-corrected chi connectivity index (χ0v) is 79.3. The van der Waals surface area contributed by atoms with Crippen LogP contribution in [0.1, 0.15) is 133 Å². The molecule has 19 nitrogen and oxygen atoms in total. The zero-order chi connectivity index (χ0) is 93.9. The summed E-state index contributed by atoms with van der Waals surface area (Å²) in [6, 6.07) is 115. The van der Waals surface area contributed by atoms with Gasteiger partial charge in [-0.25, -0.2) is 4.79 Å². The molecule has 1 aliphatic carbocycles. The molecule has 19 rings (SSSR count). The SMILES string of the molecule is Cc1cccc(C(Nc2ccc(Cl)c(Cl)c2)c2ccccc2)n1.Clc1ccc(CNC(c2ccccc2)c2nc(-c3ccccc3)no2)cc1Cl.Clc1ccc(NC(c2ccccc2)c2cccc(C3CC3)n2)cc1Cl.O=C(NC(c1ccccc1)c1nc(-c2ccccc2)no1)c1ccc(Cl)c(Cl)c1.O=C(Nc1ccc(Cl)c(Cl)c1)NC(c1ccccc1)c1nc(-c2ccccc2)no1. The van der Waals surface area contributed by atoms with Gasteiger partial charge in [0, 0.05) is 63.2 Å². The Bertz CT molecular complexity index is 6930. The molecule has 5 unspecified atom stereocenters. The zero-order valence-electron chi connectivity index (χ0n) is 71.7. The van der Waals surface area contributed by atoms with E-state index in [4.69, 9.17) is 135 Å². The summed E-state index contributed by atoms with van der Waals surface area (Å²) in [4.78, 5) is 48.7. The number of nitrogens with zero attached hydrogens (tertiary/aromatic N) is 8. The smallest absolute Gasteiger partial charge is 0.320 e. The maximum atomic E-state index is 12.8. The number of nitrogens with one attached hydrogen (secondary N) is 6. The number of halogens is 10. The van der Waals surface area contributed by atoms with Crippen LogP contribution in [0.15, 0.2) is 384 Å². The predicted octanol–water partition coefficient (Wildman–Crippen LogP) is 29.8. The number of urea groups is 1. The molecule has 18 aromatic rings. The lowest BCUT2D eigenvalue weighted by Crippen LogP contribution is -2.33. The molecule has 676 valence electrons. The second-order valence-corrected chi connectivity index (χ2v) is 34.7. The highest BCUT2D eigenvalue weighted by Crippen LogP contribution is 2.41. The Morgan fingerprint density at radius 1 is 0.319 bits per heavy atom. The summed E-state index contributed by atoms with van der Waals surface area (Å²) >= 11 is 60.4. The second-order valence-electron chi connectivity index (χ2n) is 30.7. The highest BCUT2D eigenvalue weighted by Gasteiger charge is 2.30. The molecule has 13 aromatic carbocycles. The topological polar surface area (TPSA) is 249 Å². The molecule has 0 radical (unpaired) electrons. The monoisotopic (exact) mass is 1980 g/mol. The number of carbonyl (C=O) groups excluding carboxylic acids is 2. The molecular weight excluding hydrogens is 1900 g/mol. The van der Waals surface area contributed by atoms with Gasteiger partial charge in [-0.3, -0.25) is 20.1 Å². The van der Waals surface area contributed by atoms with Crippen molar-refractivity contribution in [3.8, 4) is 34.2 Å². The molecule has 5 aromatic heterocycles. The van der Waals surface area contributed by atoms with E-state index in [2.05, 4.69) is 110 Å². The summed E-state index contributed by atoms with van der Waals surface area (Å²) < 4.78 is 16.6. The summed E-state index contributed by atoms with van der Waals surface area (Å²) in [6.45, 7) is 2.56. The van der Waals surface area contributed by atoms with Crippen LogP contribution in [0.3, 0.4) is 0 Å². The number of aromatic nitrogens is 8. The highest BCUT2D eigenvalue weighted by atomic mass is 35.5. The van der Waals surface area contributed by atoms with Crippen molar-refractivity contribution in [3.63, 3.8) is 0 Å². The summed E-state index contributed by atoms with van der Waals surface area (Å²) in [6.07, 6.45) is 2.49. The number of carbonyl (C=O) groups is 2. The molecule has 135 heavy (non-hydrogen) atoms. The molecule has 1 saturated carbocycles. The molecule has 1 fully saturated rings. The van der Waals surface area contributed by atoms with Gasteiger partial charge in [0.2, 0.25) is 23.4 Å². The number of anilines is 3. The van der Waals surface area contributed by atoms with Crippen molar-refractivity contribution in [3.05, 3.63) is 500 Å². The second kappa shape index (κ2) is 47.6. The molecule has 0 bridgehead atoms. The Kier molecular flexibility index (Phi) is 34.0. The van der Waals surface area contributed by atoms with Crippen molar-refractivity contribution in [2.24, 2.45) is 0 Å². The van der Waals surface area contributed by atoms with E-state index in [1.165, 1.54) is 24.6 Å². The van der Waals surface area contributed by atoms with E-state index >= 15 is 0 Å². The van der Waals surface area contributed by atoms with E-state index in [0.29, 0.717) is 97.3 Å². The molecule has 3 amide bonds. The first-order valence-electron chi connectivity index (χ1n) is 42.5. The molecule has 0 saturated heterocycles. The van der Waals surface area contributed by atoms with Crippen molar-refractivity contribution in [1.82, 2.24) is 56.3 Å². The van der Waals surface area contributed by atoms with Crippen molar-refractivity contribution < 1.29 is 23.2 Å². The van der Waals surface area contributed by atoms with Crippen LogP contribution >= 0.6 is 116 Å². The van der Waals surface area contributed by atoms with E-state index in [0.717, 1.165) is 78.5 Å². The summed E-state index contributed by atoms with van der Waals surface area (Å²) in [5.41, 5.74) is 15.4. The van der Waals surface area contributed by atoms with E-state index in [-0.39, 0.29) is 35.8 Å². The van der Waals surface area contributed by atoms with Gasteiger partial charge in [0.25, 0.3) is 17.7 Å². The molecule has 1 aliphatic rings. The third kappa shape index (κ3) is 27.1. The summed E-state index contributed by atoms with van der Waals surface area (Å²) in [7, 11) is 0. The number of hydrogen-bond donors (Lipinski definition) is 6. The van der Waals surface area contributed by atoms with Gasteiger partial charge >= 0.3 is 6.03 Å². The largest absolute Gasteiger partial charge is 0.373 e. The van der Waals surface area contributed by atoms with Crippen LogP contribution in [0.4, 0.5) is 21.9 Å². The van der Waals surface area contributed by atoms with Crippen molar-refractivity contribution in [2.45, 2.75) is 62.4 Å². The lowest BCUT2D eigenvalue weighted by molar-refractivity contribution is 0.0936. The molecule has 5 heterocycles. The van der Waals surface area contributed by atoms with Crippen LogP contribution in [0, 0.1) is 6.92 Å². The molecular formula is C106H82Cl10N14O5. The van der Waals surface area contributed by atoms with Crippen LogP contribution in [0.25, 0.3) is 34.2 Å². The Morgan fingerprint density at radius 3 is 1.06 bits per heavy atom. The lowest BCUT2D eigenvalue weighted by Gasteiger charge is -2.21. The van der Waals surface area contributed by atoms with E-state index in [9.17, 15) is 9.59 Å². The fourth-order valence-corrected chi connectivity index (χ4v) is 15.6. The van der Waals surface area contributed by atoms with Crippen LogP contribution < -0.4 is 31.9 Å². The third-order valence-electron chi connectivity index (χ3n) is 21.0. The Balaban J connectivity index is 0.000000129. The first kappa shape index (κ1) is 96.4. The van der Waals surface area contributed by atoms with Gasteiger partial charge in [0.15, 0.2) is 0 Å². The fraction of sp³-hybridized carbons (Fsp3) is 0.0943. The Morgan fingerprint density at radius 2 is 0.659 bits per heavy atom. The van der Waals surface area contributed by atoms with E-state index < -0.39 is 18.1 Å². The molecule has 29 heteroatoms. The van der Waals surface area contributed by atoms with E-state index in [1.807, 2.05) is 286 Å². The van der Waals surface area contributed by atoms with Crippen molar-refractivity contribution in [2.75, 3.05) is 16.0 Å². The molecule has 0 spiro atoms. The number of pyridine rings is 2. The molecule has 0 aliphatic heterocycles. The standard InChI is InChI=1S/C22H16Cl2N4O2.C22H15Cl2N3O2.C22H17Cl2N3O.C21H18Cl2N2.C19H16Cl2N2/c23-17-12-11-16(13-18(17)24)25-22(29)26-19(14-7-3-1-4-8-14)21-27-20(28-30-21)15-9-5-2-6-10-15;23-17-12-11-16(13-18(17)24)21(28)25-19(14-7-3-1-4-8-14)22-26-20(27-29-22)15-9-5-2-6-10-15;23-18-12-11-15(13-19(18)24)14-25-20(16-7-3-1-4-8-16)22-26-21(27-28-22)17-9-5-2-6-10-17;22-17-12-11-16(13-18(17)23)24-21(15-5-2-1-3-6-15)20-8-4-7-19(25-20)14-9-10-14;1-13-6-5-9-18(22-13)19(14-7-3-2-4-8-14)23-15-10-11-16(20)17(21)12-15/h1-13,19H,(H2,25,26,29);1-13,19H,(H,25,28);1-13,20,25H,14H2;1-8,11-14,21,24H,9-10H2;2-12,19,23H,1H3. The van der Waals surface area contributed by atoms with Crippen LogP contribution in [-0.2, 0) is 6.54 Å². The first-order valence-corrected chi connectivity index (χ1v) is 46.3. The van der Waals surface area contributed by atoms with Crippen LogP contribution in [-0.4, -0.2) is 52.3 Å². The number of hydrogen-bond acceptors (Lipinski definition) is 16. The number of amides is 3. The van der Waals surface area contributed by atoms with Gasteiger partial charge in [-0.15, -0.1) is 0 Å². The average molecular weight is 1990 g/mol. The average Bonchev–Trinajstić information content (AvgIpc) is 1.74. The first-order chi connectivity index (χ1) is 65.7. The third-order valence-corrected chi connectivity index (χ3v) is 24.7. The van der Waals surface area contributed by atoms with Gasteiger partial charge in [0.1, 0.15) is 18.1 Å². The minimum absolute atomic E-state index is 0.0443. The summed E-state index contributed by atoms with van der Waals surface area (Å²) in [5, 5.41) is 36.0. The normalized spacial score (nSPS) is 12.4. The fourth-order valence-electron chi connectivity index (χ4n) is 14.0. The minimum Gasteiger partial charge on any atom is -0.373 e. The van der Waals surface area contributed by atoms with Gasteiger partial charge in [-0.05, 0) is 162 Å². The summed E-state index contributed by atoms with van der Waals surface area (Å²) in [5.74, 6) is 2.80. The van der Waals surface area contributed by atoms with Gasteiger partial charge < -0.3 is 40.2 Å². The molecule has 6 N–H and O–H groups in total. The number of rotatable bonds is 25. The number of aryl methyl sites for hydroxylation is 1. The number of benzene rings is 13. The highest BCUT2D eigenvalue weighted by molar-refractivity contribution is 6.44. The van der Waals surface area contributed by atoms with Gasteiger partial charge in [0.05, 0.1) is 73.7 Å². The van der Waals surface area contributed by atoms with Gasteiger partial charge in [-0.1, -0.05) is 392 Å². The van der Waals surface area contributed by atoms with Crippen molar-refractivity contribution >= 4 is 145 Å².